The van der Waals surface area contributed by atoms with E-state index in [1.807, 2.05) is 26.8 Å². The Morgan fingerprint density at radius 3 is 2.28 bits per heavy atom. The number of benzene rings is 2. The summed E-state index contributed by atoms with van der Waals surface area (Å²) in [6.45, 7) is 7.01. The minimum Gasteiger partial charge on any atom is -0.494 e. The van der Waals surface area contributed by atoms with Crippen molar-refractivity contribution in [3.8, 4) is 5.75 Å². The van der Waals surface area contributed by atoms with Crippen molar-refractivity contribution in [2.45, 2.75) is 45.1 Å². The van der Waals surface area contributed by atoms with Crippen molar-refractivity contribution in [1.82, 2.24) is 8.87 Å². The molecular formula is C25H31N3O6S2. The molecular weight excluding hydrogens is 502 g/mol. The standard InChI is InChI=1S/C25H31N3O6S2/c1-5-14-27(15-6-2)36(31,32)20-11-8-18(9-12-20)24(30)26-25-28(17-23(29)33-4)21-13-10-19(34-7-3)16-22(21)35-25/h8-13,16H,5-7,14-15,17H2,1-4H3. The van der Waals surface area contributed by atoms with Crippen LogP contribution in [0.2, 0.25) is 0 Å². The smallest absolute Gasteiger partial charge is 0.325 e. The monoisotopic (exact) mass is 533 g/mol. The number of esters is 1. The summed E-state index contributed by atoms with van der Waals surface area (Å²) in [5.41, 5.74) is 0.956. The highest BCUT2D eigenvalue weighted by molar-refractivity contribution is 7.89. The minimum atomic E-state index is -3.65. The molecule has 0 aliphatic heterocycles. The van der Waals surface area contributed by atoms with E-state index in [0.29, 0.717) is 48.6 Å². The highest BCUT2D eigenvalue weighted by Crippen LogP contribution is 2.24. The summed E-state index contributed by atoms with van der Waals surface area (Å²) in [6, 6.07) is 11.2. The number of ether oxygens (including phenoxy) is 2. The van der Waals surface area contributed by atoms with Gasteiger partial charge in [0.25, 0.3) is 5.91 Å². The van der Waals surface area contributed by atoms with Crippen molar-refractivity contribution in [2.75, 3.05) is 26.8 Å². The summed E-state index contributed by atoms with van der Waals surface area (Å²) in [4.78, 5) is 29.7. The average molecular weight is 534 g/mol. The molecule has 9 nitrogen and oxygen atoms in total. The molecule has 11 heteroatoms. The van der Waals surface area contributed by atoms with Crippen LogP contribution in [0.4, 0.5) is 0 Å². The molecule has 0 bridgehead atoms. The van der Waals surface area contributed by atoms with Gasteiger partial charge in [-0.2, -0.15) is 9.30 Å². The number of nitrogens with zero attached hydrogens (tertiary/aromatic N) is 3. The lowest BCUT2D eigenvalue weighted by atomic mass is 10.2. The fraction of sp³-hybridized carbons (Fsp3) is 0.400. The van der Waals surface area contributed by atoms with Crippen LogP contribution in [0.1, 0.15) is 44.0 Å². The molecule has 0 aliphatic carbocycles. The van der Waals surface area contributed by atoms with Gasteiger partial charge in [0, 0.05) is 18.7 Å². The number of aromatic nitrogens is 1. The molecule has 1 aromatic heterocycles. The summed E-state index contributed by atoms with van der Waals surface area (Å²) in [5.74, 6) is -0.352. The topological polar surface area (TPSA) is 107 Å². The number of hydrogen-bond acceptors (Lipinski definition) is 7. The van der Waals surface area contributed by atoms with Crippen LogP contribution in [0.15, 0.2) is 52.4 Å². The summed E-state index contributed by atoms with van der Waals surface area (Å²) in [6.07, 6.45) is 1.42. The summed E-state index contributed by atoms with van der Waals surface area (Å²) in [7, 11) is -2.35. The van der Waals surface area contributed by atoms with Crippen LogP contribution in [-0.4, -0.2) is 56.0 Å². The Hall–Kier alpha value is -3.02. The lowest BCUT2D eigenvalue weighted by Gasteiger charge is -2.21. The quantitative estimate of drug-likeness (QED) is 0.347. The minimum absolute atomic E-state index is 0.113. The Balaban J connectivity index is 1.98. The Morgan fingerprint density at radius 2 is 1.69 bits per heavy atom. The van der Waals surface area contributed by atoms with Crippen molar-refractivity contribution in [2.24, 2.45) is 4.99 Å². The van der Waals surface area contributed by atoms with Crippen molar-refractivity contribution < 1.29 is 27.5 Å². The first-order valence-corrected chi connectivity index (χ1v) is 14.0. The first-order chi connectivity index (χ1) is 17.2. The molecule has 0 N–H and O–H groups in total. The molecule has 36 heavy (non-hydrogen) atoms. The van der Waals surface area contributed by atoms with Crippen LogP contribution in [0.3, 0.4) is 0 Å². The van der Waals surface area contributed by atoms with E-state index in [0.717, 1.165) is 4.70 Å². The van der Waals surface area contributed by atoms with Gasteiger partial charge in [-0.05, 0) is 62.2 Å². The highest BCUT2D eigenvalue weighted by atomic mass is 32.2. The van der Waals surface area contributed by atoms with Gasteiger partial charge in [0.15, 0.2) is 4.80 Å². The second kappa shape index (κ2) is 12.3. The van der Waals surface area contributed by atoms with Gasteiger partial charge in [-0.1, -0.05) is 25.2 Å². The van der Waals surface area contributed by atoms with Crippen molar-refractivity contribution in [1.29, 1.82) is 0 Å². The van der Waals surface area contributed by atoms with E-state index in [-0.39, 0.29) is 17.0 Å². The molecule has 0 aliphatic rings. The van der Waals surface area contributed by atoms with Gasteiger partial charge < -0.3 is 14.0 Å². The van der Waals surface area contributed by atoms with Crippen LogP contribution in [0.25, 0.3) is 10.2 Å². The predicted octanol–water partition coefficient (Wildman–Crippen LogP) is 3.83. The number of methoxy groups -OCH3 is 1. The molecule has 2 aromatic carbocycles. The van der Waals surface area contributed by atoms with Gasteiger partial charge >= 0.3 is 5.97 Å². The molecule has 3 aromatic rings. The Bertz CT molecular complexity index is 1390. The van der Waals surface area contributed by atoms with Crippen molar-refractivity contribution >= 4 is 43.5 Å². The lowest BCUT2D eigenvalue weighted by Crippen LogP contribution is -2.32. The second-order valence-electron chi connectivity index (χ2n) is 7.95. The number of amides is 1. The fourth-order valence-electron chi connectivity index (χ4n) is 3.66. The van der Waals surface area contributed by atoms with E-state index in [1.54, 1.807) is 16.7 Å². The van der Waals surface area contributed by atoms with Crippen LogP contribution >= 0.6 is 11.3 Å². The summed E-state index contributed by atoms with van der Waals surface area (Å²) < 4.78 is 40.2. The van der Waals surface area contributed by atoms with Crippen LogP contribution in [0, 0.1) is 0 Å². The number of carbonyl (C=O) groups is 2. The molecule has 194 valence electrons. The lowest BCUT2D eigenvalue weighted by molar-refractivity contribution is -0.141. The van der Waals surface area contributed by atoms with Crippen molar-refractivity contribution in [3.05, 3.63) is 52.8 Å². The summed E-state index contributed by atoms with van der Waals surface area (Å²) >= 11 is 1.25. The summed E-state index contributed by atoms with van der Waals surface area (Å²) in [5, 5.41) is 0. The zero-order valence-corrected chi connectivity index (χ0v) is 22.5. The van der Waals surface area contributed by atoms with Crippen LogP contribution in [0.5, 0.6) is 5.75 Å². The largest absolute Gasteiger partial charge is 0.494 e. The second-order valence-corrected chi connectivity index (χ2v) is 10.9. The number of thiazole rings is 1. The third kappa shape index (κ3) is 6.21. The Kier molecular flexibility index (Phi) is 9.41. The van der Waals surface area contributed by atoms with Crippen molar-refractivity contribution in [3.63, 3.8) is 0 Å². The molecule has 1 heterocycles. The molecule has 0 unspecified atom stereocenters. The Labute approximate surface area is 215 Å². The first kappa shape index (κ1) is 27.6. The fourth-order valence-corrected chi connectivity index (χ4v) is 6.34. The maximum absolute atomic E-state index is 13.0. The number of sulfonamides is 1. The van der Waals surface area contributed by atoms with E-state index in [2.05, 4.69) is 4.99 Å². The first-order valence-electron chi connectivity index (χ1n) is 11.8. The van der Waals surface area contributed by atoms with E-state index in [4.69, 9.17) is 9.47 Å². The molecule has 0 saturated carbocycles. The van der Waals surface area contributed by atoms with Gasteiger partial charge in [-0.15, -0.1) is 0 Å². The third-order valence-electron chi connectivity index (χ3n) is 5.36. The number of carbonyl (C=O) groups excluding carboxylic acids is 2. The average Bonchev–Trinajstić information content (AvgIpc) is 3.19. The predicted molar refractivity (Wildman–Crippen MR) is 139 cm³/mol. The molecule has 0 fully saturated rings. The molecule has 3 rings (SSSR count). The van der Waals surface area contributed by atoms with E-state index in [1.165, 1.54) is 47.0 Å². The van der Waals surface area contributed by atoms with E-state index >= 15 is 0 Å². The van der Waals surface area contributed by atoms with Crippen LogP contribution < -0.4 is 9.54 Å². The zero-order valence-electron chi connectivity index (χ0n) is 20.9. The number of rotatable bonds is 11. The molecule has 0 radical (unpaired) electrons. The molecule has 1 amide bonds. The van der Waals surface area contributed by atoms with Gasteiger partial charge in [-0.25, -0.2) is 8.42 Å². The van der Waals surface area contributed by atoms with Gasteiger partial charge in [-0.3, -0.25) is 9.59 Å². The molecule has 0 spiro atoms. The molecule has 0 saturated heterocycles. The van der Waals surface area contributed by atoms with Gasteiger partial charge in [0.05, 0.1) is 28.8 Å². The highest BCUT2D eigenvalue weighted by Gasteiger charge is 2.23. The molecule has 0 atom stereocenters. The van der Waals surface area contributed by atoms with Gasteiger partial charge in [0.2, 0.25) is 10.0 Å². The number of fused-ring (bicyclic) bond motifs is 1. The SMILES string of the molecule is CCCN(CCC)S(=O)(=O)c1ccc(C(=O)N=c2sc3cc(OCC)ccc3n2CC(=O)OC)cc1. The van der Waals surface area contributed by atoms with E-state index < -0.39 is 21.9 Å². The zero-order chi connectivity index (χ0) is 26.3. The van der Waals surface area contributed by atoms with Crippen LogP contribution in [-0.2, 0) is 26.1 Å². The normalized spacial score (nSPS) is 12.3. The number of hydrogen-bond donors (Lipinski definition) is 0. The Morgan fingerprint density at radius 1 is 1.03 bits per heavy atom. The van der Waals surface area contributed by atoms with E-state index in [9.17, 15) is 18.0 Å². The van der Waals surface area contributed by atoms with Gasteiger partial charge in [0.1, 0.15) is 12.3 Å². The third-order valence-corrected chi connectivity index (χ3v) is 8.32. The maximum atomic E-state index is 13.0. The maximum Gasteiger partial charge on any atom is 0.325 e.